The monoisotopic (exact) mass is 239 g/mol. The molecule has 1 amide bonds. The standard InChI is InChI=1S/C11H17N3OS/c12-9(11(13)15)6-14-5-8-4-7-2-1-3-10(7)16-8/h4,9,14H,1-3,5-6,12H2,(H2,13,15). The van der Waals surface area contributed by atoms with Gasteiger partial charge in [-0.05, 0) is 30.9 Å². The lowest BCUT2D eigenvalue weighted by atomic mass is 10.2. The Bertz CT molecular complexity index is 367. The Balaban J connectivity index is 1.79. The highest BCUT2D eigenvalue weighted by Gasteiger charge is 2.14. The van der Waals surface area contributed by atoms with Crippen LogP contribution >= 0.6 is 11.3 Å². The molecule has 1 aliphatic rings. The van der Waals surface area contributed by atoms with Crippen molar-refractivity contribution in [2.24, 2.45) is 11.5 Å². The van der Waals surface area contributed by atoms with E-state index in [1.807, 2.05) is 11.3 Å². The zero-order chi connectivity index (χ0) is 11.5. The van der Waals surface area contributed by atoms with Gasteiger partial charge in [-0.25, -0.2) is 0 Å². The smallest absolute Gasteiger partial charge is 0.235 e. The molecule has 1 heterocycles. The predicted molar refractivity (Wildman–Crippen MR) is 65.2 cm³/mol. The Morgan fingerprint density at radius 3 is 3.06 bits per heavy atom. The number of carbonyl (C=O) groups is 1. The summed E-state index contributed by atoms with van der Waals surface area (Å²) in [6, 6.07) is 1.67. The minimum absolute atomic E-state index is 0.442. The van der Waals surface area contributed by atoms with E-state index in [1.165, 1.54) is 34.6 Å². The van der Waals surface area contributed by atoms with Gasteiger partial charge in [0, 0.05) is 22.8 Å². The first-order valence-electron chi connectivity index (χ1n) is 5.53. The molecule has 0 saturated carbocycles. The molecule has 2 rings (SSSR count). The van der Waals surface area contributed by atoms with E-state index in [9.17, 15) is 4.79 Å². The van der Waals surface area contributed by atoms with Crippen molar-refractivity contribution in [3.05, 3.63) is 21.4 Å². The maximum absolute atomic E-state index is 10.7. The minimum Gasteiger partial charge on any atom is -0.368 e. The lowest BCUT2D eigenvalue weighted by Crippen LogP contribution is -2.44. The van der Waals surface area contributed by atoms with Gasteiger partial charge in [0.25, 0.3) is 0 Å². The Hall–Kier alpha value is -0.910. The Labute approximate surface area is 99.0 Å². The SMILES string of the molecule is NC(=O)C(N)CNCc1cc2c(s1)CCC2. The average Bonchev–Trinajstić information content (AvgIpc) is 2.77. The minimum atomic E-state index is -0.591. The molecule has 5 N–H and O–H groups in total. The van der Waals surface area contributed by atoms with E-state index in [2.05, 4.69) is 11.4 Å². The van der Waals surface area contributed by atoms with Gasteiger partial charge in [-0.2, -0.15) is 0 Å². The van der Waals surface area contributed by atoms with E-state index in [-0.39, 0.29) is 0 Å². The van der Waals surface area contributed by atoms with E-state index < -0.39 is 11.9 Å². The number of nitrogens with two attached hydrogens (primary N) is 2. The number of carbonyl (C=O) groups excluding carboxylic acids is 1. The van der Waals surface area contributed by atoms with Gasteiger partial charge in [0.05, 0.1) is 6.04 Å². The lowest BCUT2D eigenvalue weighted by molar-refractivity contribution is -0.119. The summed E-state index contributed by atoms with van der Waals surface area (Å²) >= 11 is 1.86. The second kappa shape index (κ2) is 4.95. The topological polar surface area (TPSA) is 81.1 Å². The summed E-state index contributed by atoms with van der Waals surface area (Å²) in [6.45, 7) is 1.22. The molecule has 0 aromatic carbocycles. The van der Waals surface area contributed by atoms with Crippen molar-refractivity contribution in [1.82, 2.24) is 5.32 Å². The van der Waals surface area contributed by atoms with Crippen LogP contribution in [0.4, 0.5) is 0 Å². The van der Waals surface area contributed by atoms with Gasteiger partial charge in [0.1, 0.15) is 0 Å². The van der Waals surface area contributed by atoms with Crippen LogP contribution in [0.1, 0.15) is 21.7 Å². The van der Waals surface area contributed by atoms with Gasteiger partial charge in [-0.15, -0.1) is 11.3 Å². The quantitative estimate of drug-likeness (QED) is 0.683. The summed E-state index contributed by atoms with van der Waals surface area (Å²) in [5, 5.41) is 3.16. The molecular formula is C11H17N3OS. The fourth-order valence-electron chi connectivity index (χ4n) is 1.93. The van der Waals surface area contributed by atoms with Crippen molar-refractivity contribution >= 4 is 17.2 Å². The summed E-state index contributed by atoms with van der Waals surface area (Å²) in [5.74, 6) is -0.457. The van der Waals surface area contributed by atoms with Crippen LogP contribution in [0.5, 0.6) is 0 Å². The maximum atomic E-state index is 10.7. The first-order chi connectivity index (χ1) is 7.66. The van der Waals surface area contributed by atoms with Crippen molar-refractivity contribution in [3.63, 3.8) is 0 Å². The molecule has 88 valence electrons. The molecule has 4 nitrogen and oxygen atoms in total. The van der Waals surface area contributed by atoms with Crippen molar-refractivity contribution in [1.29, 1.82) is 0 Å². The molecule has 0 spiro atoms. The summed E-state index contributed by atoms with van der Waals surface area (Å²) in [5.41, 5.74) is 12.1. The molecule has 0 radical (unpaired) electrons. The molecule has 0 aliphatic heterocycles. The van der Waals surface area contributed by atoms with Gasteiger partial charge in [0.15, 0.2) is 0 Å². The largest absolute Gasteiger partial charge is 0.368 e. The van der Waals surface area contributed by atoms with Gasteiger partial charge in [0.2, 0.25) is 5.91 Å². The van der Waals surface area contributed by atoms with E-state index in [0.717, 1.165) is 6.54 Å². The summed E-state index contributed by atoms with van der Waals surface area (Å²) in [4.78, 5) is 13.6. The van der Waals surface area contributed by atoms with Gasteiger partial charge >= 0.3 is 0 Å². The number of hydrogen-bond donors (Lipinski definition) is 3. The van der Waals surface area contributed by atoms with Crippen molar-refractivity contribution in [2.45, 2.75) is 31.8 Å². The molecular weight excluding hydrogens is 222 g/mol. The molecule has 1 unspecified atom stereocenters. The summed E-state index contributed by atoms with van der Waals surface area (Å²) in [7, 11) is 0. The second-order valence-electron chi connectivity index (χ2n) is 4.15. The number of aryl methyl sites for hydroxylation is 2. The van der Waals surface area contributed by atoms with Crippen LogP contribution in [0.3, 0.4) is 0 Å². The van der Waals surface area contributed by atoms with Gasteiger partial charge in [-0.3, -0.25) is 4.79 Å². The van der Waals surface area contributed by atoms with Crippen LogP contribution in [0.2, 0.25) is 0 Å². The van der Waals surface area contributed by atoms with E-state index in [1.54, 1.807) is 0 Å². The molecule has 5 heteroatoms. The van der Waals surface area contributed by atoms with Crippen LogP contribution in [0, 0.1) is 0 Å². The number of hydrogen-bond acceptors (Lipinski definition) is 4. The number of thiophene rings is 1. The highest BCUT2D eigenvalue weighted by Crippen LogP contribution is 2.30. The molecule has 1 aromatic rings. The van der Waals surface area contributed by atoms with Crippen molar-refractivity contribution < 1.29 is 4.79 Å². The van der Waals surface area contributed by atoms with Crippen LogP contribution in [-0.2, 0) is 24.2 Å². The normalized spacial score (nSPS) is 16.1. The number of rotatable bonds is 5. The Kier molecular flexibility index (Phi) is 3.58. The molecule has 0 fully saturated rings. The highest BCUT2D eigenvalue weighted by molar-refractivity contribution is 7.12. The molecule has 0 saturated heterocycles. The highest BCUT2D eigenvalue weighted by atomic mass is 32.1. The lowest BCUT2D eigenvalue weighted by Gasteiger charge is -2.07. The Morgan fingerprint density at radius 1 is 1.56 bits per heavy atom. The van der Waals surface area contributed by atoms with Crippen LogP contribution in [-0.4, -0.2) is 18.5 Å². The fraction of sp³-hybridized carbons (Fsp3) is 0.545. The third-order valence-electron chi connectivity index (χ3n) is 2.83. The zero-order valence-electron chi connectivity index (χ0n) is 9.16. The van der Waals surface area contributed by atoms with E-state index >= 15 is 0 Å². The van der Waals surface area contributed by atoms with Crippen molar-refractivity contribution in [2.75, 3.05) is 6.54 Å². The summed E-state index contributed by atoms with van der Waals surface area (Å²) in [6.07, 6.45) is 3.73. The zero-order valence-corrected chi connectivity index (χ0v) is 9.98. The fourth-order valence-corrected chi connectivity index (χ4v) is 3.16. The van der Waals surface area contributed by atoms with Gasteiger partial charge in [-0.1, -0.05) is 0 Å². The van der Waals surface area contributed by atoms with Crippen molar-refractivity contribution in [3.8, 4) is 0 Å². The molecule has 1 aromatic heterocycles. The van der Waals surface area contributed by atoms with E-state index in [4.69, 9.17) is 11.5 Å². The number of amides is 1. The number of primary amides is 1. The van der Waals surface area contributed by atoms with Crippen LogP contribution < -0.4 is 16.8 Å². The third kappa shape index (κ3) is 2.61. The predicted octanol–water partition coefficient (Wildman–Crippen LogP) is 0.139. The first kappa shape index (κ1) is 11.6. The van der Waals surface area contributed by atoms with E-state index in [0.29, 0.717) is 6.54 Å². The molecule has 0 bridgehead atoms. The first-order valence-corrected chi connectivity index (χ1v) is 6.34. The second-order valence-corrected chi connectivity index (χ2v) is 5.38. The molecule has 1 atom stereocenters. The number of nitrogens with one attached hydrogen (secondary N) is 1. The Morgan fingerprint density at radius 2 is 2.38 bits per heavy atom. The number of fused-ring (bicyclic) bond motifs is 1. The van der Waals surface area contributed by atoms with Crippen LogP contribution in [0.15, 0.2) is 6.07 Å². The van der Waals surface area contributed by atoms with Crippen LogP contribution in [0.25, 0.3) is 0 Å². The summed E-state index contributed by atoms with van der Waals surface area (Å²) < 4.78 is 0. The molecule has 1 aliphatic carbocycles. The maximum Gasteiger partial charge on any atom is 0.235 e. The third-order valence-corrected chi connectivity index (χ3v) is 4.06. The molecule has 16 heavy (non-hydrogen) atoms. The average molecular weight is 239 g/mol. The van der Waals surface area contributed by atoms with Gasteiger partial charge < -0.3 is 16.8 Å².